The van der Waals surface area contributed by atoms with Gasteiger partial charge >= 0.3 is 0 Å². The maximum absolute atomic E-state index is 12.2. The van der Waals surface area contributed by atoms with Crippen molar-refractivity contribution in [3.63, 3.8) is 0 Å². The lowest BCUT2D eigenvalue weighted by Gasteiger charge is -2.11. The van der Waals surface area contributed by atoms with Gasteiger partial charge in [-0.2, -0.15) is 0 Å². The number of hydrogen-bond acceptors (Lipinski definition) is 4. The van der Waals surface area contributed by atoms with Gasteiger partial charge in [0.2, 0.25) is 10.0 Å². The molecule has 1 aliphatic rings. The quantitative estimate of drug-likeness (QED) is 0.821. The van der Waals surface area contributed by atoms with Crippen LogP contribution in [0.1, 0.15) is 18.9 Å². The van der Waals surface area contributed by atoms with E-state index in [2.05, 4.69) is 10.0 Å². The summed E-state index contributed by atoms with van der Waals surface area (Å²) in [7, 11) is -0.0426. The molecule has 2 rings (SSSR count). The fourth-order valence-electron chi connectivity index (χ4n) is 2.00. The summed E-state index contributed by atoms with van der Waals surface area (Å²) in [6.07, 6.45) is 0.915. The third kappa shape index (κ3) is 3.26. The minimum absolute atomic E-state index is 0.0832. The average Bonchev–Trinajstić information content (AvgIpc) is 3.04. The van der Waals surface area contributed by atoms with Gasteiger partial charge in [0.15, 0.2) is 0 Å². The first-order valence-corrected chi connectivity index (χ1v) is 7.80. The maximum atomic E-state index is 12.2. The molecule has 0 bridgehead atoms. The fourth-order valence-corrected chi connectivity index (χ4v) is 3.41. The van der Waals surface area contributed by atoms with Crippen molar-refractivity contribution in [1.29, 1.82) is 0 Å². The van der Waals surface area contributed by atoms with Crippen molar-refractivity contribution < 1.29 is 13.2 Å². The first-order valence-electron chi connectivity index (χ1n) is 6.31. The van der Waals surface area contributed by atoms with Gasteiger partial charge in [-0.1, -0.05) is 6.92 Å². The maximum Gasteiger partial charge on any atom is 0.240 e. The Hall–Kier alpha value is -1.11. The number of ether oxygens (including phenoxy) is 1. The first kappa shape index (κ1) is 14.3. The zero-order valence-corrected chi connectivity index (χ0v) is 12.3. The van der Waals surface area contributed by atoms with Crippen LogP contribution in [0.4, 0.5) is 0 Å². The molecule has 5 nitrogen and oxygen atoms in total. The van der Waals surface area contributed by atoms with Crippen LogP contribution in [-0.4, -0.2) is 28.6 Å². The number of rotatable bonds is 6. The van der Waals surface area contributed by atoms with Crippen LogP contribution >= 0.6 is 0 Å². The van der Waals surface area contributed by atoms with Crippen LogP contribution in [0, 0.1) is 5.92 Å². The van der Waals surface area contributed by atoms with Crippen LogP contribution < -0.4 is 14.8 Å². The van der Waals surface area contributed by atoms with E-state index in [0.29, 0.717) is 18.2 Å². The molecule has 0 aromatic heterocycles. The van der Waals surface area contributed by atoms with Crippen molar-refractivity contribution in [2.24, 2.45) is 5.92 Å². The molecular formula is C13H20N2O3S. The third-order valence-corrected chi connectivity index (χ3v) is 4.83. The van der Waals surface area contributed by atoms with E-state index < -0.39 is 10.0 Å². The van der Waals surface area contributed by atoms with E-state index in [1.54, 1.807) is 25.3 Å². The Kier molecular flexibility index (Phi) is 4.13. The minimum atomic E-state index is -3.43. The van der Waals surface area contributed by atoms with Crippen LogP contribution in [0.5, 0.6) is 5.75 Å². The van der Waals surface area contributed by atoms with Crippen LogP contribution in [0.25, 0.3) is 0 Å². The molecule has 1 fully saturated rings. The van der Waals surface area contributed by atoms with Gasteiger partial charge in [-0.3, -0.25) is 0 Å². The summed E-state index contributed by atoms with van der Waals surface area (Å²) < 4.78 is 32.4. The molecule has 0 saturated heterocycles. The van der Waals surface area contributed by atoms with Crippen molar-refractivity contribution >= 4 is 10.0 Å². The van der Waals surface area contributed by atoms with Crippen molar-refractivity contribution in [3.8, 4) is 5.75 Å². The summed E-state index contributed by atoms with van der Waals surface area (Å²) in [5.74, 6) is 1.12. The zero-order chi connectivity index (χ0) is 14.0. The van der Waals surface area contributed by atoms with Crippen molar-refractivity contribution in [1.82, 2.24) is 10.0 Å². The summed E-state index contributed by atoms with van der Waals surface area (Å²) in [4.78, 5) is 0.289. The van der Waals surface area contributed by atoms with Gasteiger partial charge < -0.3 is 10.1 Å². The number of methoxy groups -OCH3 is 1. The second-order valence-electron chi connectivity index (χ2n) is 4.94. The van der Waals surface area contributed by atoms with Gasteiger partial charge in [-0.05, 0) is 37.6 Å². The lowest BCUT2D eigenvalue weighted by molar-refractivity contribution is 0.408. The Bertz CT molecular complexity index is 557. The van der Waals surface area contributed by atoms with E-state index in [9.17, 15) is 8.42 Å². The predicted octanol–water partition coefficient (Wildman–Crippen LogP) is 1.10. The number of hydrogen-bond donors (Lipinski definition) is 2. The van der Waals surface area contributed by atoms with Crippen LogP contribution in [0.3, 0.4) is 0 Å². The second kappa shape index (κ2) is 5.48. The van der Waals surface area contributed by atoms with Gasteiger partial charge in [0, 0.05) is 18.2 Å². The van der Waals surface area contributed by atoms with E-state index in [1.807, 2.05) is 14.0 Å². The fraction of sp³-hybridized carbons (Fsp3) is 0.538. The molecular weight excluding hydrogens is 264 g/mol. The highest BCUT2D eigenvalue weighted by atomic mass is 32.2. The Balaban J connectivity index is 2.26. The standard InChI is InChI=1S/C13H20N2O3S/c1-9-6-12(9)15-19(16,17)11-4-5-13(18-3)10(7-11)8-14-2/h4-5,7,9,12,14-15H,6,8H2,1-3H3. The molecule has 0 radical (unpaired) electrons. The molecule has 2 unspecified atom stereocenters. The first-order chi connectivity index (χ1) is 8.97. The zero-order valence-electron chi connectivity index (χ0n) is 11.4. The molecule has 0 aliphatic heterocycles. The SMILES string of the molecule is CNCc1cc(S(=O)(=O)NC2CC2C)ccc1OC. The molecule has 19 heavy (non-hydrogen) atoms. The van der Waals surface area contributed by atoms with Gasteiger partial charge in [0.05, 0.1) is 12.0 Å². The highest BCUT2D eigenvalue weighted by Crippen LogP contribution is 2.31. The Morgan fingerprint density at radius 3 is 2.63 bits per heavy atom. The summed E-state index contributed by atoms with van der Waals surface area (Å²) in [5.41, 5.74) is 0.830. The topological polar surface area (TPSA) is 67.4 Å². The van der Waals surface area contributed by atoms with Crippen molar-refractivity contribution in [2.45, 2.75) is 30.8 Å². The van der Waals surface area contributed by atoms with E-state index in [1.165, 1.54) is 0 Å². The molecule has 0 spiro atoms. The Morgan fingerprint density at radius 1 is 1.42 bits per heavy atom. The molecule has 2 atom stereocenters. The van der Waals surface area contributed by atoms with E-state index in [-0.39, 0.29) is 10.9 Å². The molecule has 106 valence electrons. The highest BCUT2D eigenvalue weighted by molar-refractivity contribution is 7.89. The summed E-state index contributed by atoms with van der Waals surface area (Å²) in [5, 5.41) is 3.00. The minimum Gasteiger partial charge on any atom is -0.496 e. The van der Waals surface area contributed by atoms with Crippen LogP contribution in [-0.2, 0) is 16.6 Å². The molecule has 6 heteroatoms. The molecule has 0 amide bonds. The van der Waals surface area contributed by atoms with E-state index in [0.717, 1.165) is 12.0 Å². The average molecular weight is 284 g/mol. The summed E-state index contributed by atoms with van der Waals surface area (Å²) in [6, 6.07) is 5.01. The number of sulfonamides is 1. The Morgan fingerprint density at radius 2 is 2.11 bits per heavy atom. The van der Waals surface area contributed by atoms with Crippen LogP contribution in [0.15, 0.2) is 23.1 Å². The van der Waals surface area contributed by atoms with Crippen molar-refractivity contribution in [2.75, 3.05) is 14.2 Å². The second-order valence-corrected chi connectivity index (χ2v) is 6.66. The predicted molar refractivity (Wildman–Crippen MR) is 73.6 cm³/mol. The molecule has 1 aromatic carbocycles. The number of benzene rings is 1. The van der Waals surface area contributed by atoms with Gasteiger partial charge in [0.25, 0.3) is 0 Å². The molecule has 1 aliphatic carbocycles. The van der Waals surface area contributed by atoms with E-state index >= 15 is 0 Å². The van der Waals surface area contributed by atoms with Crippen LogP contribution in [0.2, 0.25) is 0 Å². The van der Waals surface area contributed by atoms with Gasteiger partial charge in [-0.15, -0.1) is 0 Å². The van der Waals surface area contributed by atoms with Gasteiger partial charge in [-0.25, -0.2) is 13.1 Å². The van der Waals surface area contributed by atoms with E-state index in [4.69, 9.17) is 4.74 Å². The smallest absolute Gasteiger partial charge is 0.240 e. The molecule has 0 heterocycles. The monoisotopic (exact) mass is 284 g/mol. The highest BCUT2D eigenvalue weighted by Gasteiger charge is 2.36. The van der Waals surface area contributed by atoms with Gasteiger partial charge in [0.1, 0.15) is 5.75 Å². The molecule has 2 N–H and O–H groups in total. The summed E-state index contributed by atoms with van der Waals surface area (Å²) >= 11 is 0. The lowest BCUT2D eigenvalue weighted by Crippen LogP contribution is -2.27. The third-order valence-electron chi connectivity index (χ3n) is 3.35. The lowest BCUT2D eigenvalue weighted by atomic mass is 10.2. The largest absolute Gasteiger partial charge is 0.496 e. The number of nitrogens with one attached hydrogen (secondary N) is 2. The summed E-state index contributed by atoms with van der Waals surface area (Å²) in [6.45, 7) is 2.60. The molecule has 1 saturated carbocycles. The normalized spacial score (nSPS) is 22.3. The van der Waals surface area contributed by atoms with Crippen molar-refractivity contribution in [3.05, 3.63) is 23.8 Å². The Labute approximate surface area is 114 Å². The molecule has 1 aromatic rings.